The number of hydrogen-bond acceptors (Lipinski definition) is 16. The third-order valence-electron chi connectivity index (χ3n) is 7.92. The molecule has 4 aliphatic heterocycles. The molecule has 0 aromatic carbocycles. The maximum atomic E-state index is 10.1. The van der Waals surface area contributed by atoms with Gasteiger partial charge in [-0.1, -0.05) is 0 Å². The largest absolute Gasteiger partial charge is 0.394 e. The summed E-state index contributed by atoms with van der Waals surface area (Å²) in [6, 6.07) is 0. The van der Waals surface area contributed by atoms with Gasteiger partial charge in [-0.25, -0.2) is 0 Å². The Morgan fingerprint density at radius 3 is 1.07 bits per heavy atom. The number of aliphatic hydroxyl groups is 10. The summed E-state index contributed by atoms with van der Waals surface area (Å²) in [7, 11) is 0. The first kappa shape index (κ1) is 41.5. The maximum absolute atomic E-state index is 10.1. The van der Waals surface area contributed by atoms with E-state index in [9.17, 15) is 51.1 Å². The molecule has 0 bridgehead atoms. The Bertz CT molecular complexity index is 877. The zero-order chi connectivity index (χ0) is 34.7. The van der Waals surface area contributed by atoms with Crippen molar-refractivity contribution in [1.82, 2.24) is 0 Å². The molecular weight excluding hydrogens is 757 g/mol. The fraction of sp³-hybridized carbons (Fsp3) is 1.00. The van der Waals surface area contributed by atoms with Crippen LogP contribution in [0.15, 0.2) is 0 Å². The van der Waals surface area contributed by atoms with Crippen LogP contribution in [-0.2, 0) is 28.4 Å². The molecule has 4 fully saturated rings. The quantitative estimate of drug-likeness (QED) is 0.0972. The Labute approximate surface area is 293 Å². The summed E-state index contributed by atoms with van der Waals surface area (Å²) in [5.74, 6) is -4.86. The van der Waals surface area contributed by atoms with Crippen molar-refractivity contribution in [2.24, 2.45) is 0 Å². The predicted molar refractivity (Wildman–Crippen MR) is 159 cm³/mol. The fourth-order valence-corrected chi connectivity index (χ4v) is 6.75. The van der Waals surface area contributed by atoms with Gasteiger partial charge >= 0.3 is 0 Å². The second-order valence-corrected chi connectivity index (χ2v) is 13.1. The van der Waals surface area contributed by atoms with Gasteiger partial charge in [-0.2, -0.15) is 0 Å². The maximum Gasteiger partial charge on any atom is 0.214 e. The van der Waals surface area contributed by atoms with Crippen molar-refractivity contribution in [3.8, 4) is 0 Å². The Morgan fingerprint density at radius 1 is 0.500 bits per heavy atom. The molecule has 0 aromatic rings. The molecule has 0 unspecified atom stereocenters. The molecule has 0 aliphatic carbocycles. The van der Waals surface area contributed by atoms with E-state index < -0.39 is 133 Å². The Kier molecular flexibility index (Phi) is 15.8. The number of rotatable bonds is 10. The van der Waals surface area contributed by atoms with Crippen LogP contribution < -0.4 is 0 Å². The minimum atomic E-state index is -1.90. The van der Waals surface area contributed by atoms with Gasteiger partial charge in [0.05, 0.1) is 47.5 Å². The molecule has 22 heteroatoms. The summed E-state index contributed by atoms with van der Waals surface area (Å²) in [4.78, 5) is 0. The Hall–Kier alpha value is 1.10. The lowest BCUT2D eigenvalue weighted by atomic mass is 10.0. The summed E-state index contributed by atoms with van der Waals surface area (Å²) in [5, 5.41) is 96.3. The van der Waals surface area contributed by atoms with Crippen LogP contribution in [-0.4, -0.2) is 196 Å². The van der Waals surface area contributed by atoms with Crippen LogP contribution in [0, 0.1) is 0 Å². The normalized spacial score (nSPS) is 51.1. The van der Waals surface area contributed by atoms with Crippen molar-refractivity contribution in [3.63, 3.8) is 0 Å². The van der Waals surface area contributed by atoms with E-state index in [1.807, 2.05) is 0 Å². The molecule has 4 saturated heterocycles. The third-order valence-corrected chi connectivity index (χ3v) is 10.3. The van der Waals surface area contributed by atoms with E-state index >= 15 is 0 Å². The molecule has 272 valence electrons. The first-order valence-electron chi connectivity index (χ1n) is 13.8. The Morgan fingerprint density at radius 2 is 0.826 bits per heavy atom. The summed E-state index contributed by atoms with van der Waals surface area (Å²) in [6.45, 7) is -1.05. The van der Waals surface area contributed by atoms with Crippen molar-refractivity contribution in [2.45, 2.75) is 108 Å². The van der Waals surface area contributed by atoms with E-state index in [0.29, 0.717) is 0 Å². The highest BCUT2D eigenvalue weighted by Gasteiger charge is 2.59. The van der Waals surface area contributed by atoms with Crippen molar-refractivity contribution >= 4 is 69.6 Å². The molecule has 18 atom stereocenters. The van der Waals surface area contributed by atoms with Crippen LogP contribution >= 0.6 is 69.6 Å². The van der Waals surface area contributed by atoms with Gasteiger partial charge in [0.2, 0.25) is 11.6 Å². The fourth-order valence-electron chi connectivity index (χ4n) is 5.11. The molecular formula is C24H38Cl6O16. The molecule has 4 rings (SSSR count). The minimum absolute atomic E-state index is 0.125. The monoisotopic (exact) mass is 792 g/mol. The predicted octanol–water partition coefficient (Wildman–Crippen LogP) is -3.31. The molecule has 0 spiro atoms. The molecule has 0 aromatic heterocycles. The van der Waals surface area contributed by atoms with E-state index in [2.05, 4.69) is 0 Å². The molecule has 0 radical (unpaired) electrons. The third kappa shape index (κ3) is 8.25. The average Bonchev–Trinajstić information content (AvgIpc) is 3.45. The van der Waals surface area contributed by atoms with Gasteiger partial charge in [0, 0.05) is 0 Å². The molecule has 0 amide bonds. The lowest BCUT2D eigenvalue weighted by molar-refractivity contribution is -0.358. The van der Waals surface area contributed by atoms with Gasteiger partial charge in [-0.15, -0.1) is 69.6 Å². The van der Waals surface area contributed by atoms with Gasteiger partial charge in [0.15, 0.2) is 12.6 Å². The first-order chi connectivity index (χ1) is 21.6. The molecule has 0 saturated carbocycles. The van der Waals surface area contributed by atoms with Crippen LogP contribution in [0.2, 0.25) is 0 Å². The molecule has 10 N–H and O–H groups in total. The van der Waals surface area contributed by atoms with Gasteiger partial charge < -0.3 is 79.5 Å². The van der Waals surface area contributed by atoms with E-state index in [0.717, 1.165) is 0 Å². The van der Waals surface area contributed by atoms with Crippen LogP contribution in [0.5, 0.6) is 0 Å². The van der Waals surface area contributed by atoms with Crippen molar-refractivity contribution in [2.75, 3.05) is 36.7 Å². The van der Waals surface area contributed by atoms with Crippen molar-refractivity contribution < 1.29 is 79.5 Å². The van der Waals surface area contributed by atoms with Crippen LogP contribution in [0.1, 0.15) is 0 Å². The molecule has 4 heterocycles. The highest BCUT2D eigenvalue weighted by molar-refractivity contribution is 6.22. The number of ether oxygens (including phenoxy) is 6. The number of hydrogen-bond donors (Lipinski definition) is 10. The van der Waals surface area contributed by atoms with Crippen molar-refractivity contribution in [1.29, 1.82) is 0 Å². The minimum Gasteiger partial charge on any atom is -0.394 e. The van der Waals surface area contributed by atoms with Crippen molar-refractivity contribution in [3.05, 3.63) is 0 Å². The second kappa shape index (κ2) is 17.5. The van der Waals surface area contributed by atoms with Gasteiger partial charge in [-0.05, 0) is 0 Å². The van der Waals surface area contributed by atoms with Crippen LogP contribution in [0.4, 0.5) is 0 Å². The summed E-state index contributed by atoms with van der Waals surface area (Å²) < 4.78 is 32.3. The van der Waals surface area contributed by atoms with E-state index in [4.69, 9.17) is 98.0 Å². The number of halogens is 6. The molecule has 16 nitrogen and oxygen atoms in total. The first-order valence-corrected chi connectivity index (χ1v) is 16.8. The highest BCUT2D eigenvalue weighted by atomic mass is 35.5. The standard InChI is InChI=1S/2C12H19Cl3O8/c2*13-1-4-7(17)10(20)12(3-14,22-4)23-11-9(19)8(18)6(15)5(2-16)21-11/h2*4-11,16-20H,1-3H2/t2*4-,5-,6+,7-,8+,9-,10+,11-,12+/m11/s1. The lowest BCUT2D eigenvalue weighted by Crippen LogP contribution is -2.61. The summed E-state index contributed by atoms with van der Waals surface area (Å²) in [5.41, 5.74) is 0. The van der Waals surface area contributed by atoms with Gasteiger partial charge in [0.25, 0.3) is 0 Å². The molecule has 46 heavy (non-hydrogen) atoms. The molecule has 4 aliphatic rings. The lowest BCUT2D eigenvalue weighted by Gasteiger charge is -2.43. The smallest absolute Gasteiger partial charge is 0.214 e. The number of alkyl halides is 6. The van der Waals surface area contributed by atoms with E-state index in [1.54, 1.807) is 0 Å². The van der Waals surface area contributed by atoms with Gasteiger partial charge in [0.1, 0.15) is 73.2 Å². The topological polar surface area (TPSA) is 258 Å². The average molecular weight is 795 g/mol. The van der Waals surface area contributed by atoms with Crippen LogP contribution in [0.25, 0.3) is 0 Å². The van der Waals surface area contributed by atoms with E-state index in [-0.39, 0.29) is 11.8 Å². The Balaban J connectivity index is 0.000000250. The summed E-state index contributed by atoms with van der Waals surface area (Å²) >= 11 is 34.6. The number of aliphatic hydroxyl groups excluding tert-OH is 10. The van der Waals surface area contributed by atoms with Gasteiger partial charge in [-0.3, -0.25) is 0 Å². The zero-order valence-corrected chi connectivity index (χ0v) is 28.2. The SMILES string of the molecule is OC[C@H]1O[C@H](O[C@]2(CCl)O[C@H](CCl)[C@@H](O)[C@@H]2O)[C@H](O)[C@@H](O)[C@H]1Cl.OC[C@H]1O[C@H](O[C@]2(CCl)O[C@H](CCl)[C@@H](O)[C@@H]2O)[C@H](O)[C@@H](O)[C@H]1Cl. The highest BCUT2D eigenvalue weighted by Crippen LogP contribution is 2.39. The second-order valence-electron chi connectivity index (χ2n) is 10.9. The summed E-state index contributed by atoms with van der Waals surface area (Å²) in [6.07, 6.45) is -18.8. The van der Waals surface area contributed by atoms with E-state index in [1.165, 1.54) is 0 Å². The van der Waals surface area contributed by atoms with Crippen LogP contribution in [0.3, 0.4) is 0 Å². The zero-order valence-electron chi connectivity index (χ0n) is 23.7.